The molecule has 1 fully saturated rings. The molecule has 1 unspecified atom stereocenters. The van der Waals surface area contributed by atoms with Gasteiger partial charge in [-0.05, 0) is 26.0 Å². The van der Waals surface area contributed by atoms with Crippen molar-refractivity contribution in [3.8, 4) is 0 Å². The van der Waals surface area contributed by atoms with Gasteiger partial charge in [-0.15, -0.1) is 11.3 Å². The van der Waals surface area contributed by atoms with E-state index in [0.29, 0.717) is 12.1 Å². The lowest BCUT2D eigenvalue weighted by atomic mass is 10.2. The molecule has 0 aromatic carbocycles. The van der Waals surface area contributed by atoms with Crippen LogP contribution in [-0.2, 0) is 10.0 Å². The third-order valence-electron chi connectivity index (χ3n) is 3.18. The fourth-order valence-electron chi connectivity index (χ4n) is 2.29. The van der Waals surface area contributed by atoms with Gasteiger partial charge in [-0.3, -0.25) is 4.79 Å². The maximum Gasteiger partial charge on any atom is 0.255 e. The van der Waals surface area contributed by atoms with Crippen LogP contribution in [0.15, 0.2) is 15.7 Å². The first-order valence-electron chi connectivity index (χ1n) is 6.00. The molecule has 0 aliphatic carbocycles. The Hall–Kier alpha value is -0.960. The van der Waals surface area contributed by atoms with Crippen LogP contribution in [0.2, 0.25) is 0 Å². The molecule has 1 aromatic heterocycles. The van der Waals surface area contributed by atoms with Gasteiger partial charge in [-0.25, -0.2) is 13.6 Å². The van der Waals surface area contributed by atoms with Crippen LogP contribution < -0.4 is 10.5 Å². The Morgan fingerprint density at radius 3 is 2.95 bits per heavy atom. The number of thiophene rings is 1. The molecule has 106 valence electrons. The van der Waals surface area contributed by atoms with Crippen LogP contribution in [0, 0.1) is 0 Å². The minimum absolute atomic E-state index is 0.0280. The molecule has 0 bridgehead atoms. The highest BCUT2D eigenvalue weighted by atomic mass is 32.2. The van der Waals surface area contributed by atoms with Gasteiger partial charge in [-0.1, -0.05) is 0 Å². The summed E-state index contributed by atoms with van der Waals surface area (Å²) in [5.74, 6) is -0.121. The second kappa shape index (κ2) is 5.58. The highest BCUT2D eigenvalue weighted by Crippen LogP contribution is 2.24. The predicted octanol–water partition coefficient (Wildman–Crippen LogP) is 0.219. The average molecular weight is 303 g/mol. The molecule has 8 heteroatoms. The standard InChI is InChI=1S/C11H17N3O3S2/c1-13-6-9-3-2-4-14(9)11(15)8-5-10(18-7-8)19(12,16)17/h5,7,9,13H,2-4,6H2,1H3,(H2,12,16,17). The third-order valence-corrected chi connectivity index (χ3v) is 5.57. The zero-order valence-corrected chi connectivity index (χ0v) is 12.3. The molecule has 1 atom stereocenters. The largest absolute Gasteiger partial charge is 0.334 e. The maximum absolute atomic E-state index is 12.3. The van der Waals surface area contributed by atoms with Crippen LogP contribution in [0.4, 0.5) is 0 Å². The third kappa shape index (κ3) is 3.14. The molecular weight excluding hydrogens is 286 g/mol. The van der Waals surface area contributed by atoms with E-state index in [9.17, 15) is 13.2 Å². The summed E-state index contributed by atoms with van der Waals surface area (Å²) in [4.78, 5) is 14.1. The zero-order chi connectivity index (χ0) is 14.0. The van der Waals surface area contributed by atoms with Crippen LogP contribution >= 0.6 is 11.3 Å². The molecule has 19 heavy (non-hydrogen) atoms. The normalized spacial score (nSPS) is 19.9. The van der Waals surface area contributed by atoms with Gasteiger partial charge in [-0.2, -0.15) is 0 Å². The molecule has 1 aromatic rings. The number of rotatable bonds is 4. The van der Waals surface area contributed by atoms with Gasteiger partial charge in [0.05, 0.1) is 5.56 Å². The van der Waals surface area contributed by atoms with E-state index in [4.69, 9.17) is 5.14 Å². The molecule has 1 amide bonds. The first-order valence-corrected chi connectivity index (χ1v) is 8.43. The summed E-state index contributed by atoms with van der Waals surface area (Å²) >= 11 is 0.982. The number of nitrogens with zero attached hydrogens (tertiary/aromatic N) is 1. The van der Waals surface area contributed by atoms with E-state index in [2.05, 4.69) is 5.32 Å². The second-order valence-electron chi connectivity index (χ2n) is 4.55. The summed E-state index contributed by atoms with van der Waals surface area (Å²) in [6.07, 6.45) is 1.95. The highest BCUT2D eigenvalue weighted by Gasteiger charge is 2.29. The first-order chi connectivity index (χ1) is 8.93. The fraction of sp³-hybridized carbons (Fsp3) is 0.545. The second-order valence-corrected chi connectivity index (χ2v) is 7.25. The monoisotopic (exact) mass is 303 g/mol. The minimum Gasteiger partial charge on any atom is -0.334 e. The Balaban J connectivity index is 2.18. The van der Waals surface area contributed by atoms with Crippen molar-refractivity contribution in [2.45, 2.75) is 23.1 Å². The fourth-order valence-corrected chi connectivity index (χ4v) is 3.87. The number of sulfonamides is 1. The topological polar surface area (TPSA) is 92.5 Å². The van der Waals surface area contributed by atoms with Gasteiger partial charge in [0.15, 0.2) is 0 Å². The van der Waals surface area contributed by atoms with Crippen LogP contribution in [-0.4, -0.2) is 45.4 Å². The summed E-state index contributed by atoms with van der Waals surface area (Å²) in [6.45, 7) is 1.46. The Labute approximate surface area is 116 Å². The van der Waals surface area contributed by atoms with E-state index in [0.717, 1.165) is 30.7 Å². The predicted molar refractivity (Wildman–Crippen MR) is 73.7 cm³/mol. The summed E-state index contributed by atoms with van der Waals surface area (Å²) in [6, 6.07) is 1.53. The lowest BCUT2D eigenvalue weighted by Crippen LogP contribution is -2.40. The van der Waals surface area contributed by atoms with Crippen molar-refractivity contribution in [1.29, 1.82) is 0 Å². The van der Waals surface area contributed by atoms with Crippen molar-refractivity contribution in [3.63, 3.8) is 0 Å². The molecule has 0 spiro atoms. The molecule has 6 nitrogen and oxygen atoms in total. The van der Waals surface area contributed by atoms with E-state index in [1.807, 2.05) is 7.05 Å². The van der Waals surface area contributed by atoms with Crippen LogP contribution in [0.5, 0.6) is 0 Å². The van der Waals surface area contributed by atoms with Crippen LogP contribution in [0.25, 0.3) is 0 Å². The molecule has 3 N–H and O–H groups in total. The molecule has 2 heterocycles. The molecule has 2 rings (SSSR count). The molecule has 1 aliphatic rings. The molecule has 0 radical (unpaired) electrons. The van der Waals surface area contributed by atoms with E-state index in [-0.39, 0.29) is 16.2 Å². The van der Waals surface area contributed by atoms with Crippen molar-refractivity contribution < 1.29 is 13.2 Å². The van der Waals surface area contributed by atoms with Gasteiger partial charge < -0.3 is 10.2 Å². The number of carbonyl (C=O) groups is 1. The van der Waals surface area contributed by atoms with Crippen molar-refractivity contribution in [2.24, 2.45) is 5.14 Å². The molecule has 1 aliphatic heterocycles. The summed E-state index contributed by atoms with van der Waals surface area (Å²) in [7, 11) is -1.88. The van der Waals surface area contributed by atoms with Gasteiger partial charge in [0.1, 0.15) is 4.21 Å². The Bertz CT molecular complexity index is 567. The number of likely N-dealkylation sites (tertiary alicyclic amines) is 1. The Morgan fingerprint density at radius 1 is 1.63 bits per heavy atom. The van der Waals surface area contributed by atoms with Gasteiger partial charge in [0, 0.05) is 24.5 Å². The van der Waals surface area contributed by atoms with Gasteiger partial charge in [0.2, 0.25) is 10.0 Å². The van der Waals surface area contributed by atoms with E-state index in [1.165, 1.54) is 6.07 Å². The Kier molecular flexibility index (Phi) is 4.24. The molecule has 1 saturated heterocycles. The summed E-state index contributed by atoms with van der Waals surface area (Å²) < 4.78 is 22.4. The van der Waals surface area contributed by atoms with Crippen LogP contribution in [0.3, 0.4) is 0 Å². The van der Waals surface area contributed by atoms with Gasteiger partial charge >= 0.3 is 0 Å². The number of nitrogens with one attached hydrogen (secondary N) is 1. The lowest BCUT2D eigenvalue weighted by Gasteiger charge is -2.24. The smallest absolute Gasteiger partial charge is 0.255 e. The number of carbonyl (C=O) groups excluding carboxylic acids is 1. The minimum atomic E-state index is -3.73. The molecule has 0 saturated carbocycles. The van der Waals surface area contributed by atoms with Crippen molar-refractivity contribution >= 4 is 27.3 Å². The van der Waals surface area contributed by atoms with Crippen molar-refractivity contribution in [3.05, 3.63) is 17.0 Å². The number of nitrogens with two attached hydrogens (primary N) is 1. The first kappa shape index (κ1) is 14.4. The van der Waals surface area contributed by atoms with E-state index in [1.54, 1.807) is 10.3 Å². The maximum atomic E-state index is 12.3. The summed E-state index contributed by atoms with van der Waals surface area (Å²) in [5.41, 5.74) is 0.400. The number of amides is 1. The number of likely N-dealkylation sites (N-methyl/N-ethyl adjacent to an activating group) is 1. The molecular formula is C11H17N3O3S2. The van der Waals surface area contributed by atoms with E-state index < -0.39 is 10.0 Å². The van der Waals surface area contributed by atoms with Crippen LogP contribution in [0.1, 0.15) is 23.2 Å². The van der Waals surface area contributed by atoms with Crippen molar-refractivity contribution in [2.75, 3.05) is 20.1 Å². The number of hydrogen-bond donors (Lipinski definition) is 2. The lowest BCUT2D eigenvalue weighted by molar-refractivity contribution is 0.0737. The van der Waals surface area contributed by atoms with E-state index >= 15 is 0 Å². The SMILES string of the molecule is CNCC1CCCN1C(=O)c1csc(S(N)(=O)=O)c1. The van der Waals surface area contributed by atoms with Crippen molar-refractivity contribution in [1.82, 2.24) is 10.2 Å². The average Bonchev–Trinajstić information content (AvgIpc) is 2.96. The Morgan fingerprint density at radius 2 is 2.37 bits per heavy atom. The number of primary sulfonamides is 1. The van der Waals surface area contributed by atoms with Gasteiger partial charge in [0.25, 0.3) is 5.91 Å². The number of hydrogen-bond acceptors (Lipinski definition) is 5. The summed E-state index contributed by atoms with van der Waals surface area (Å²) in [5, 5.41) is 9.67. The quantitative estimate of drug-likeness (QED) is 0.832. The zero-order valence-electron chi connectivity index (χ0n) is 10.6. The highest BCUT2D eigenvalue weighted by molar-refractivity contribution is 7.91.